The van der Waals surface area contributed by atoms with Crippen LogP contribution in [0.4, 0.5) is 0 Å². The molecule has 0 atom stereocenters. The Bertz CT molecular complexity index is 844. The number of hydrogen-bond donors (Lipinski definition) is 0. The van der Waals surface area contributed by atoms with Gasteiger partial charge in [0.25, 0.3) is 5.82 Å². The average Bonchev–Trinajstić information content (AvgIpc) is 3.16. The number of aromatic nitrogens is 2. The van der Waals surface area contributed by atoms with E-state index < -0.39 is 0 Å². The van der Waals surface area contributed by atoms with Gasteiger partial charge in [-0.05, 0) is 56.0 Å². The van der Waals surface area contributed by atoms with Crippen LogP contribution >= 0.6 is 11.6 Å². The largest absolute Gasteiger partial charge is 0.289 e. The fourth-order valence-corrected chi connectivity index (χ4v) is 3.41. The normalized spacial score (nSPS) is 15.6. The first-order valence-electron chi connectivity index (χ1n) is 7.68. The lowest BCUT2D eigenvalue weighted by Gasteiger charge is -2.08. The number of para-hydroxylation sites is 2. The molecule has 1 aliphatic carbocycles. The summed E-state index contributed by atoms with van der Waals surface area (Å²) in [6.07, 6.45) is 8.49. The number of fused-ring (bicyclic) bond motifs is 1. The van der Waals surface area contributed by atoms with Gasteiger partial charge in [-0.15, -0.1) is 0 Å². The highest BCUT2D eigenvalue weighted by molar-refractivity contribution is 6.30. The zero-order valence-corrected chi connectivity index (χ0v) is 13.7. The Morgan fingerprint density at radius 2 is 1.78 bits per heavy atom. The molecule has 1 aromatic heterocycles. The van der Waals surface area contributed by atoms with E-state index in [2.05, 4.69) is 72.2 Å². The van der Waals surface area contributed by atoms with Gasteiger partial charge >= 0.3 is 0 Å². The summed E-state index contributed by atoms with van der Waals surface area (Å²) in [7, 11) is 2.11. The van der Waals surface area contributed by atoms with Crippen molar-refractivity contribution in [1.29, 1.82) is 0 Å². The highest BCUT2D eigenvalue weighted by Gasteiger charge is 2.28. The SMILES string of the molecule is C[n+]1c(-c2cccc(Cl)c2)n(C[C]2[CH][CH][CH][CH]2)c2ccccc21. The topological polar surface area (TPSA) is 8.81 Å². The monoisotopic (exact) mass is 320 g/mol. The van der Waals surface area contributed by atoms with Gasteiger partial charge in [0.2, 0.25) is 0 Å². The van der Waals surface area contributed by atoms with Gasteiger partial charge in [-0.3, -0.25) is 0 Å². The molecule has 1 saturated carbocycles. The van der Waals surface area contributed by atoms with Crippen LogP contribution in [-0.4, -0.2) is 4.57 Å². The van der Waals surface area contributed by atoms with Crippen molar-refractivity contribution < 1.29 is 4.57 Å². The summed E-state index contributed by atoms with van der Waals surface area (Å²) < 4.78 is 4.60. The Labute approximate surface area is 142 Å². The lowest BCUT2D eigenvalue weighted by molar-refractivity contribution is -0.634. The van der Waals surface area contributed by atoms with Crippen LogP contribution in [-0.2, 0) is 13.6 Å². The fraction of sp³-hybridized carbons (Fsp3) is 0.100. The predicted octanol–water partition coefficient (Wildman–Crippen LogP) is 4.19. The first-order valence-corrected chi connectivity index (χ1v) is 8.05. The summed E-state index contributed by atoms with van der Waals surface area (Å²) in [5, 5.41) is 0.757. The van der Waals surface area contributed by atoms with E-state index in [1.165, 1.54) is 17.0 Å². The first kappa shape index (κ1) is 14.8. The molecule has 1 aliphatic rings. The molecule has 5 radical (unpaired) electrons. The van der Waals surface area contributed by atoms with Gasteiger partial charge in [-0.25, -0.2) is 9.13 Å². The van der Waals surface area contributed by atoms with Crippen LogP contribution in [0.1, 0.15) is 0 Å². The summed E-state index contributed by atoms with van der Waals surface area (Å²) >= 11 is 6.22. The molecule has 0 spiro atoms. The molecule has 3 heteroatoms. The predicted molar refractivity (Wildman–Crippen MR) is 94.0 cm³/mol. The summed E-state index contributed by atoms with van der Waals surface area (Å²) in [6, 6.07) is 16.6. The number of hydrogen-bond acceptors (Lipinski definition) is 0. The van der Waals surface area contributed by atoms with Crippen LogP contribution < -0.4 is 4.57 Å². The van der Waals surface area contributed by atoms with Gasteiger partial charge in [0.1, 0.15) is 0 Å². The second-order valence-electron chi connectivity index (χ2n) is 5.76. The van der Waals surface area contributed by atoms with Crippen molar-refractivity contribution in [2.75, 3.05) is 0 Å². The molecule has 4 rings (SSSR count). The van der Waals surface area contributed by atoms with Crippen LogP contribution in [0, 0.1) is 31.6 Å². The number of benzene rings is 2. The molecule has 23 heavy (non-hydrogen) atoms. The second kappa shape index (κ2) is 6.01. The van der Waals surface area contributed by atoms with E-state index in [0.29, 0.717) is 0 Å². The minimum atomic E-state index is 0.757. The van der Waals surface area contributed by atoms with Crippen LogP contribution in [0.15, 0.2) is 48.5 Å². The Hall–Kier alpha value is -1.80. The number of nitrogens with zero attached hydrogens (tertiary/aromatic N) is 2. The smallest absolute Gasteiger partial charge is 0.226 e. The number of rotatable bonds is 3. The van der Waals surface area contributed by atoms with Crippen LogP contribution in [0.2, 0.25) is 5.02 Å². The molecule has 0 unspecified atom stereocenters. The van der Waals surface area contributed by atoms with E-state index in [-0.39, 0.29) is 0 Å². The zero-order chi connectivity index (χ0) is 15.8. The lowest BCUT2D eigenvalue weighted by atomic mass is 10.1. The molecule has 0 N–H and O–H groups in total. The highest BCUT2D eigenvalue weighted by Crippen LogP contribution is 2.30. The summed E-state index contributed by atoms with van der Waals surface area (Å²) in [6.45, 7) is 0.843. The van der Waals surface area contributed by atoms with E-state index in [9.17, 15) is 0 Å². The van der Waals surface area contributed by atoms with Gasteiger partial charge in [0.15, 0.2) is 11.0 Å². The lowest BCUT2D eigenvalue weighted by Crippen LogP contribution is -2.30. The van der Waals surface area contributed by atoms with Crippen LogP contribution in [0.3, 0.4) is 0 Å². The van der Waals surface area contributed by atoms with Crippen LogP contribution in [0.5, 0.6) is 0 Å². The third-order valence-corrected chi connectivity index (χ3v) is 4.50. The van der Waals surface area contributed by atoms with Crippen LogP contribution in [0.25, 0.3) is 22.4 Å². The Morgan fingerprint density at radius 1 is 1.00 bits per heavy atom. The number of halogens is 1. The maximum atomic E-state index is 6.22. The third-order valence-electron chi connectivity index (χ3n) is 4.26. The molecule has 2 aromatic carbocycles. The molecule has 0 bridgehead atoms. The maximum Gasteiger partial charge on any atom is 0.289 e. The molecule has 1 heterocycles. The first-order chi connectivity index (χ1) is 11.2. The second-order valence-corrected chi connectivity index (χ2v) is 6.20. The van der Waals surface area contributed by atoms with E-state index in [0.717, 1.165) is 23.0 Å². The highest BCUT2D eigenvalue weighted by atomic mass is 35.5. The average molecular weight is 321 g/mol. The summed E-state index contributed by atoms with van der Waals surface area (Å²) in [4.78, 5) is 0. The minimum Gasteiger partial charge on any atom is -0.226 e. The molecule has 3 aromatic rings. The van der Waals surface area contributed by atoms with E-state index >= 15 is 0 Å². The van der Waals surface area contributed by atoms with Gasteiger partial charge in [0.05, 0.1) is 19.2 Å². The van der Waals surface area contributed by atoms with Gasteiger partial charge in [0, 0.05) is 10.9 Å². The Balaban J connectivity index is 1.92. The Morgan fingerprint density at radius 3 is 2.57 bits per heavy atom. The molecule has 1 fully saturated rings. The zero-order valence-electron chi connectivity index (χ0n) is 12.9. The molecule has 0 amide bonds. The number of aryl methyl sites for hydroxylation is 1. The fourth-order valence-electron chi connectivity index (χ4n) is 3.22. The summed E-state index contributed by atoms with van der Waals surface area (Å²) in [5.74, 6) is 2.46. The third kappa shape index (κ3) is 2.66. The van der Waals surface area contributed by atoms with Crippen molar-refractivity contribution in [3.8, 4) is 11.4 Å². The molecule has 0 saturated heterocycles. The molecular formula is C20H17ClN2+. The van der Waals surface area contributed by atoms with Crippen molar-refractivity contribution in [3.05, 3.63) is 85.2 Å². The molecule has 2 nitrogen and oxygen atoms in total. The van der Waals surface area contributed by atoms with E-state index in [4.69, 9.17) is 11.6 Å². The van der Waals surface area contributed by atoms with E-state index in [1.807, 2.05) is 18.2 Å². The summed E-state index contributed by atoms with van der Waals surface area (Å²) in [5.41, 5.74) is 3.57. The van der Waals surface area contributed by atoms with Crippen molar-refractivity contribution in [3.63, 3.8) is 0 Å². The number of imidazole rings is 1. The van der Waals surface area contributed by atoms with Gasteiger partial charge < -0.3 is 0 Å². The molecule has 113 valence electrons. The van der Waals surface area contributed by atoms with Crippen molar-refractivity contribution in [2.24, 2.45) is 7.05 Å². The van der Waals surface area contributed by atoms with Crippen molar-refractivity contribution >= 4 is 22.6 Å². The molecular weight excluding hydrogens is 304 g/mol. The van der Waals surface area contributed by atoms with Gasteiger partial charge in [-0.2, -0.15) is 0 Å². The standard InChI is InChI=1S/C20H17ClN2/c1-22-18-11-4-5-12-19(18)23(14-15-7-2-3-8-15)20(22)16-9-6-10-17(21)13-16/h2-13H,14H2,1H3/q+1. The van der Waals surface area contributed by atoms with E-state index in [1.54, 1.807) is 0 Å². The molecule has 0 aliphatic heterocycles. The maximum absolute atomic E-state index is 6.22. The van der Waals surface area contributed by atoms with Gasteiger partial charge in [-0.1, -0.05) is 29.8 Å². The van der Waals surface area contributed by atoms with Crippen molar-refractivity contribution in [2.45, 2.75) is 6.54 Å². The Kier molecular flexibility index (Phi) is 3.86. The van der Waals surface area contributed by atoms with Crippen molar-refractivity contribution in [1.82, 2.24) is 4.57 Å². The quantitative estimate of drug-likeness (QED) is 0.640. The minimum absolute atomic E-state index is 0.757.